The highest BCUT2D eigenvalue weighted by atomic mass is 15.2. The van der Waals surface area contributed by atoms with E-state index in [2.05, 4.69) is 46.2 Å². The van der Waals surface area contributed by atoms with Gasteiger partial charge in [0, 0.05) is 36.7 Å². The van der Waals surface area contributed by atoms with Crippen LogP contribution in [0.5, 0.6) is 0 Å². The van der Waals surface area contributed by atoms with E-state index in [4.69, 9.17) is 0 Å². The molecule has 0 unspecified atom stereocenters. The van der Waals surface area contributed by atoms with Crippen LogP contribution in [0.4, 0.5) is 5.69 Å². The van der Waals surface area contributed by atoms with E-state index < -0.39 is 0 Å². The summed E-state index contributed by atoms with van der Waals surface area (Å²) in [6, 6.07) is 8.74. The molecule has 1 aromatic carbocycles. The van der Waals surface area contributed by atoms with Gasteiger partial charge in [0.25, 0.3) is 0 Å². The fourth-order valence-electron chi connectivity index (χ4n) is 2.70. The molecule has 0 spiro atoms. The van der Waals surface area contributed by atoms with Gasteiger partial charge in [-0.3, -0.25) is 4.90 Å². The highest BCUT2D eigenvalue weighted by Gasteiger charge is 2.11. The second-order valence-corrected chi connectivity index (χ2v) is 5.54. The molecule has 1 fully saturated rings. The molecule has 0 aliphatic carbocycles. The predicted octanol–water partition coefficient (Wildman–Crippen LogP) is 3.19. The van der Waals surface area contributed by atoms with Crippen LogP contribution in [0, 0.1) is 0 Å². The van der Waals surface area contributed by atoms with Gasteiger partial charge in [-0.2, -0.15) is 5.10 Å². The molecular formula is C17H22N4. The molecular weight excluding hydrogens is 260 g/mol. The Morgan fingerprint density at radius 2 is 1.90 bits per heavy atom. The van der Waals surface area contributed by atoms with Gasteiger partial charge in [-0.15, -0.1) is 0 Å². The van der Waals surface area contributed by atoms with Crippen LogP contribution in [0.3, 0.4) is 0 Å². The zero-order valence-electron chi connectivity index (χ0n) is 12.3. The lowest BCUT2D eigenvalue weighted by molar-refractivity contribution is 0.331. The first kappa shape index (κ1) is 13.9. The monoisotopic (exact) mass is 282 g/mol. The molecule has 2 heterocycles. The average molecular weight is 282 g/mol. The number of benzene rings is 1. The summed E-state index contributed by atoms with van der Waals surface area (Å²) in [7, 11) is 0. The van der Waals surface area contributed by atoms with E-state index in [0.29, 0.717) is 0 Å². The van der Waals surface area contributed by atoms with Gasteiger partial charge >= 0.3 is 0 Å². The van der Waals surface area contributed by atoms with Crippen molar-refractivity contribution in [3.05, 3.63) is 54.4 Å². The molecule has 0 amide bonds. The van der Waals surface area contributed by atoms with Gasteiger partial charge in [-0.1, -0.05) is 18.7 Å². The van der Waals surface area contributed by atoms with Crippen molar-refractivity contribution in [2.45, 2.75) is 25.9 Å². The van der Waals surface area contributed by atoms with E-state index >= 15 is 0 Å². The quantitative estimate of drug-likeness (QED) is 0.883. The second-order valence-electron chi connectivity index (χ2n) is 5.54. The van der Waals surface area contributed by atoms with Crippen LogP contribution in [-0.2, 0) is 13.1 Å². The predicted molar refractivity (Wildman–Crippen MR) is 86.9 cm³/mol. The van der Waals surface area contributed by atoms with Crippen LogP contribution in [0.1, 0.15) is 24.0 Å². The SMILES string of the molecule is C=Cn1cc(CNc2ccc(CN3CCCC3)cc2)cn1. The highest BCUT2D eigenvalue weighted by Crippen LogP contribution is 2.15. The van der Waals surface area contributed by atoms with Crippen LogP contribution in [-0.4, -0.2) is 27.8 Å². The molecule has 21 heavy (non-hydrogen) atoms. The molecule has 110 valence electrons. The van der Waals surface area contributed by atoms with Crippen molar-refractivity contribution in [3.8, 4) is 0 Å². The fourth-order valence-corrected chi connectivity index (χ4v) is 2.70. The van der Waals surface area contributed by atoms with E-state index in [1.807, 2.05) is 12.4 Å². The first-order chi connectivity index (χ1) is 10.3. The Morgan fingerprint density at radius 1 is 1.14 bits per heavy atom. The maximum Gasteiger partial charge on any atom is 0.0543 e. The number of anilines is 1. The van der Waals surface area contributed by atoms with Crippen LogP contribution < -0.4 is 5.32 Å². The van der Waals surface area contributed by atoms with Crippen LogP contribution in [0.15, 0.2) is 43.2 Å². The molecule has 2 aromatic rings. The second kappa shape index (κ2) is 6.59. The lowest BCUT2D eigenvalue weighted by Gasteiger charge is -2.14. The minimum absolute atomic E-state index is 0.777. The van der Waals surface area contributed by atoms with E-state index in [-0.39, 0.29) is 0 Å². The maximum atomic E-state index is 4.17. The van der Waals surface area contributed by atoms with E-state index in [0.717, 1.165) is 24.3 Å². The van der Waals surface area contributed by atoms with Crippen LogP contribution in [0.2, 0.25) is 0 Å². The largest absolute Gasteiger partial charge is 0.381 e. The van der Waals surface area contributed by atoms with E-state index in [9.17, 15) is 0 Å². The summed E-state index contributed by atoms with van der Waals surface area (Å²) >= 11 is 0. The molecule has 1 aromatic heterocycles. The minimum Gasteiger partial charge on any atom is -0.381 e. The van der Waals surface area contributed by atoms with E-state index in [1.54, 1.807) is 10.9 Å². The normalized spacial score (nSPS) is 15.2. The summed E-state index contributed by atoms with van der Waals surface area (Å²) in [5.74, 6) is 0. The summed E-state index contributed by atoms with van der Waals surface area (Å²) < 4.78 is 1.72. The van der Waals surface area contributed by atoms with Crippen molar-refractivity contribution in [3.63, 3.8) is 0 Å². The molecule has 1 aliphatic rings. The number of hydrogen-bond acceptors (Lipinski definition) is 3. The molecule has 4 heteroatoms. The third-order valence-electron chi connectivity index (χ3n) is 3.90. The zero-order chi connectivity index (χ0) is 14.5. The number of hydrogen-bond donors (Lipinski definition) is 1. The van der Waals surface area contributed by atoms with E-state index in [1.165, 1.54) is 31.5 Å². The van der Waals surface area contributed by atoms with Gasteiger partial charge in [-0.05, 0) is 43.6 Å². The van der Waals surface area contributed by atoms with Crippen molar-refractivity contribution in [1.82, 2.24) is 14.7 Å². The number of nitrogens with one attached hydrogen (secondary N) is 1. The van der Waals surface area contributed by atoms with Crippen molar-refractivity contribution in [2.75, 3.05) is 18.4 Å². The molecule has 1 saturated heterocycles. The van der Waals surface area contributed by atoms with Gasteiger partial charge in [0.05, 0.1) is 6.20 Å². The average Bonchev–Trinajstić information content (AvgIpc) is 3.18. The molecule has 0 bridgehead atoms. The summed E-state index contributed by atoms with van der Waals surface area (Å²) in [6.07, 6.45) is 8.21. The topological polar surface area (TPSA) is 33.1 Å². The Hall–Kier alpha value is -2.07. The van der Waals surface area contributed by atoms with Crippen LogP contribution in [0.25, 0.3) is 6.20 Å². The molecule has 4 nitrogen and oxygen atoms in total. The van der Waals surface area contributed by atoms with Gasteiger partial charge in [0.2, 0.25) is 0 Å². The number of rotatable bonds is 6. The number of likely N-dealkylation sites (tertiary alicyclic amines) is 1. The Morgan fingerprint density at radius 3 is 2.57 bits per heavy atom. The Balaban J connectivity index is 1.52. The molecule has 1 N–H and O–H groups in total. The minimum atomic E-state index is 0.777. The van der Waals surface area contributed by atoms with Gasteiger partial charge in [0.15, 0.2) is 0 Å². The van der Waals surface area contributed by atoms with Crippen molar-refractivity contribution < 1.29 is 0 Å². The van der Waals surface area contributed by atoms with Crippen molar-refractivity contribution in [1.29, 1.82) is 0 Å². The lowest BCUT2D eigenvalue weighted by Crippen LogP contribution is -2.18. The first-order valence-corrected chi connectivity index (χ1v) is 7.54. The number of nitrogens with zero attached hydrogens (tertiary/aromatic N) is 3. The third-order valence-corrected chi connectivity index (χ3v) is 3.90. The molecule has 0 atom stereocenters. The van der Waals surface area contributed by atoms with Crippen molar-refractivity contribution >= 4 is 11.9 Å². The summed E-state index contributed by atoms with van der Waals surface area (Å²) in [6.45, 7) is 8.03. The molecule has 0 saturated carbocycles. The standard InChI is InChI=1S/C17H22N4/c1-2-21-14-16(12-19-21)11-18-17-7-5-15(6-8-17)13-20-9-3-4-10-20/h2,5-8,12,14,18H,1,3-4,9-11,13H2. The molecule has 1 aliphatic heterocycles. The first-order valence-electron chi connectivity index (χ1n) is 7.54. The zero-order valence-corrected chi connectivity index (χ0v) is 12.3. The third kappa shape index (κ3) is 3.73. The Bertz CT molecular complexity index is 579. The number of aromatic nitrogens is 2. The Kier molecular flexibility index (Phi) is 4.36. The smallest absolute Gasteiger partial charge is 0.0543 e. The maximum absolute atomic E-state index is 4.17. The fraction of sp³-hybridized carbons (Fsp3) is 0.353. The molecule has 0 radical (unpaired) electrons. The van der Waals surface area contributed by atoms with Gasteiger partial charge in [0.1, 0.15) is 0 Å². The summed E-state index contributed by atoms with van der Waals surface area (Å²) in [5, 5.41) is 7.59. The summed E-state index contributed by atoms with van der Waals surface area (Å²) in [4.78, 5) is 2.52. The molecule has 3 rings (SSSR count). The van der Waals surface area contributed by atoms with Crippen LogP contribution >= 0.6 is 0 Å². The van der Waals surface area contributed by atoms with Gasteiger partial charge in [-0.25, -0.2) is 4.68 Å². The van der Waals surface area contributed by atoms with Gasteiger partial charge < -0.3 is 5.32 Å². The highest BCUT2D eigenvalue weighted by molar-refractivity contribution is 5.45. The summed E-state index contributed by atoms with van der Waals surface area (Å²) in [5.41, 5.74) is 3.68. The Labute approximate surface area is 126 Å². The van der Waals surface area contributed by atoms with Crippen molar-refractivity contribution in [2.24, 2.45) is 0 Å². The lowest BCUT2D eigenvalue weighted by atomic mass is 10.2.